The van der Waals surface area contributed by atoms with Crippen molar-refractivity contribution in [3.8, 4) is 11.3 Å². The molecule has 0 saturated heterocycles. The first-order valence-corrected chi connectivity index (χ1v) is 11.2. The van der Waals surface area contributed by atoms with Crippen LogP contribution in [0.1, 0.15) is 45.4 Å². The van der Waals surface area contributed by atoms with Gasteiger partial charge in [0.2, 0.25) is 5.95 Å². The molecule has 0 bridgehead atoms. The fraction of sp³-hybridized carbons (Fsp3) is 0.609. The molecule has 4 rings (SSSR count). The topological polar surface area (TPSA) is 84.0 Å². The highest BCUT2D eigenvalue weighted by atomic mass is 16.5. The summed E-state index contributed by atoms with van der Waals surface area (Å²) in [6, 6.07) is 7.43. The molecule has 7 nitrogen and oxygen atoms in total. The van der Waals surface area contributed by atoms with E-state index < -0.39 is 0 Å². The lowest BCUT2D eigenvalue weighted by atomic mass is 9.91. The minimum absolute atomic E-state index is 0.397. The summed E-state index contributed by atoms with van der Waals surface area (Å²) in [6.45, 7) is 3.94. The molecule has 2 saturated carbocycles. The van der Waals surface area contributed by atoms with Gasteiger partial charge < -0.3 is 20.7 Å². The number of hydrogen-bond acceptors (Lipinski definition) is 7. The van der Waals surface area contributed by atoms with Gasteiger partial charge in [0.05, 0.1) is 12.3 Å². The SMILES string of the molecule is COCC(C)NC1CCC(Nc2nccc(-c3ccnc(NCC4CC4)c3)n2)CC1. The zero-order chi connectivity index (χ0) is 20.8. The molecule has 1 unspecified atom stereocenters. The van der Waals surface area contributed by atoms with E-state index >= 15 is 0 Å². The first kappa shape index (κ1) is 21.0. The zero-order valence-corrected chi connectivity index (χ0v) is 18.1. The third-order valence-electron chi connectivity index (χ3n) is 5.98. The Bertz CT molecular complexity index is 804. The number of ether oxygens (including phenoxy) is 1. The highest BCUT2D eigenvalue weighted by Crippen LogP contribution is 2.29. The summed E-state index contributed by atoms with van der Waals surface area (Å²) in [4.78, 5) is 13.7. The first-order valence-electron chi connectivity index (χ1n) is 11.2. The van der Waals surface area contributed by atoms with E-state index in [4.69, 9.17) is 9.72 Å². The third kappa shape index (κ3) is 6.12. The molecule has 1 atom stereocenters. The number of anilines is 2. The van der Waals surface area contributed by atoms with E-state index in [1.54, 1.807) is 7.11 Å². The van der Waals surface area contributed by atoms with Crippen LogP contribution in [0.25, 0.3) is 11.3 Å². The molecule has 2 heterocycles. The number of hydrogen-bond donors (Lipinski definition) is 3. The van der Waals surface area contributed by atoms with Gasteiger partial charge in [0.15, 0.2) is 0 Å². The number of nitrogens with zero attached hydrogens (tertiary/aromatic N) is 3. The molecule has 0 aliphatic heterocycles. The molecule has 0 spiro atoms. The Balaban J connectivity index is 1.31. The van der Waals surface area contributed by atoms with Crippen molar-refractivity contribution in [2.24, 2.45) is 5.92 Å². The smallest absolute Gasteiger partial charge is 0.223 e. The Morgan fingerprint density at radius 2 is 1.80 bits per heavy atom. The lowest BCUT2D eigenvalue weighted by Gasteiger charge is -2.31. The number of pyridine rings is 1. The summed E-state index contributed by atoms with van der Waals surface area (Å²) < 4.78 is 5.23. The highest BCUT2D eigenvalue weighted by Gasteiger charge is 2.23. The van der Waals surface area contributed by atoms with Crippen LogP contribution in [0, 0.1) is 5.92 Å². The van der Waals surface area contributed by atoms with Gasteiger partial charge in [-0.3, -0.25) is 0 Å². The molecule has 30 heavy (non-hydrogen) atoms. The van der Waals surface area contributed by atoms with Crippen LogP contribution < -0.4 is 16.0 Å². The maximum Gasteiger partial charge on any atom is 0.223 e. The quantitative estimate of drug-likeness (QED) is 0.551. The van der Waals surface area contributed by atoms with Crippen molar-refractivity contribution < 1.29 is 4.74 Å². The van der Waals surface area contributed by atoms with E-state index in [9.17, 15) is 0 Å². The molecule has 3 N–H and O–H groups in total. The van der Waals surface area contributed by atoms with Crippen molar-refractivity contribution in [3.63, 3.8) is 0 Å². The molecular formula is C23H34N6O. The average molecular weight is 411 g/mol. The van der Waals surface area contributed by atoms with Crippen LogP contribution in [0.4, 0.5) is 11.8 Å². The third-order valence-corrected chi connectivity index (χ3v) is 5.98. The van der Waals surface area contributed by atoms with Gasteiger partial charge in [-0.25, -0.2) is 15.0 Å². The van der Waals surface area contributed by atoms with E-state index in [0.29, 0.717) is 24.1 Å². The van der Waals surface area contributed by atoms with Gasteiger partial charge in [-0.1, -0.05) is 0 Å². The van der Waals surface area contributed by atoms with Crippen molar-refractivity contribution in [2.75, 3.05) is 30.9 Å². The van der Waals surface area contributed by atoms with Gasteiger partial charge in [0.1, 0.15) is 5.82 Å². The van der Waals surface area contributed by atoms with Gasteiger partial charge in [-0.05, 0) is 69.6 Å². The van der Waals surface area contributed by atoms with Crippen molar-refractivity contribution in [1.29, 1.82) is 0 Å². The van der Waals surface area contributed by atoms with Gasteiger partial charge >= 0.3 is 0 Å². The Morgan fingerprint density at radius 3 is 2.57 bits per heavy atom. The zero-order valence-electron chi connectivity index (χ0n) is 18.1. The second-order valence-electron chi connectivity index (χ2n) is 8.74. The van der Waals surface area contributed by atoms with Gasteiger partial charge in [0, 0.05) is 49.7 Å². The Labute approximate surface area is 179 Å². The fourth-order valence-corrected chi connectivity index (χ4v) is 4.13. The second kappa shape index (κ2) is 10.2. The maximum atomic E-state index is 5.23. The lowest BCUT2D eigenvalue weighted by molar-refractivity contribution is 0.161. The predicted octanol–water partition coefficient (Wildman–Crippen LogP) is 3.71. The second-order valence-corrected chi connectivity index (χ2v) is 8.74. The number of aromatic nitrogens is 3. The Morgan fingerprint density at radius 1 is 1.03 bits per heavy atom. The fourth-order valence-electron chi connectivity index (χ4n) is 4.13. The molecule has 0 radical (unpaired) electrons. The van der Waals surface area contributed by atoms with E-state index in [2.05, 4.69) is 38.9 Å². The number of nitrogens with one attached hydrogen (secondary N) is 3. The summed E-state index contributed by atoms with van der Waals surface area (Å²) >= 11 is 0. The van der Waals surface area contributed by atoms with Crippen LogP contribution in [0.3, 0.4) is 0 Å². The highest BCUT2D eigenvalue weighted by molar-refractivity contribution is 5.63. The van der Waals surface area contributed by atoms with E-state index in [1.165, 1.54) is 12.8 Å². The predicted molar refractivity (Wildman–Crippen MR) is 121 cm³/mol. The molecule has 2 aromatic heterocycles. The summed E-state index contributed by atoms with van der Waals surface area (Å²) in [6.07, 6.45) is 10.9. The van der Waals surface area contributed by atoms with Gasteiger partial charge in [-0.2, -0.15) is 0 Å². The van der Waals surface area contributed by atoms with Crippen LogP contribution >= 0.6 is 0 Å². The van der Waals surface area contributed by atoms with Crippen LogP contribution in [0.5, 0.6) is 0 Å². The van der Waals surface area contributed by atoms with Gasteiger partial charge in [0.25, 0.3) is 0 Å². The molecule has 2 aromatic rings. The van der Waals surface area contributed by atoms with E-state index in [1.807, 2.05) is 24.5 Å². The normalized spacial score (nSPS) is 22.5. The van der Waals surface area contributed by atoms with Gasteiger partial charge in [-0.15, -0.1) is 0 Å². The Hall–Kier alpha value is -2.25. The molecule has 7 heteroatoms. The molecular weight excluding hydrogens is 376 g/mol. The van der Waals surface area contributed by atoms with Crippen LogP contribution in [0.15, 0.2) is 30.6 Å². The number of rotatable bonds is 10. The van der Waals surface area contributed by atoms with Crippen LogP contribution in [-0.4, -0.2) is 53.3 Å². The summed E-state index contributed by atoms with van der Waals surface area (Å²) in [7, 11) is 1.75. The Kier molecular flexibility index (Phi) is 7.12. The monoisotopic (exact) mass is 410 g/mol. The van der Waals surface area contributed by atoms with Crippen LogP contribution in [-0.2, 0) is 4.74 Å². The van der Waals surface area contributed by atoms with E-state index in [-0.39, 0.29) is 0 Å². The van der Waals surface area contributed by atoms with Crippen molar-refractivity contribution >= 4 is 11.8 Å². The average Bonchev–Trinajstić information content (AvgIpc) is 3.59. The summed E-state index contributed by atoms with van der Waals surface area (Å²) in [5.41, 5.74) is 1.99. The standard InChI is InChI=1S/C23H34N6O/c1-16(15-30-2)27-19-5-7-20(8-6-19)28-23-25-12-10-21(29-23)18-9-11-24-22(13-18)26-14-17-3-4-17/h9-13,16-17,19-20,27H,3-8,14-15H2,1-2H3,(H,24,26)(H,25,28,29). The molecule has 0 amide bonds. The minimum Gasteiger partial charge on any atom is -0.383 e. The van der Waals surface area contributed by atoms with Crippen molar-refractivity contribution in [2.45, 2.75) is 63.6 Å². The molecule has 2 aliphatic rings. The molecule has 2 aliphatic carbocycles. The maximum absolute atomic E-state index is 5.23. The largest absolute Gasteiger partial charge is 0.383 e. The minimum atomic E-state index is 0.397. The van der Waals surface area contributed by atoms with E-state index in [0.717, 1.165) is 61.8 Å². The van der Waals surface area contributed by atoms with Crippen molar-refractivity contribution in [3.05, 3.63) is 30.6 Å². The summed E-state index contributed by atoms with van der Waals surface area (Å²) in [5, 5.41) is 10.7. The summed E-state index contributed by atoms with van der Waals surface area (Å²) in [5.74, 6) is 2.45. The molecule has 0 aromatic carbocycles. The van der Waals surface area contributed by atoms with Crippen LogP contribution in [0.2, 0.25) is 0 Å². The molecule has 162 valence electrons. The lowest BCUT2D eigenvalue weighted by Crippen LogP contribution is -2.43. The number of methoxy groups -OCH3 is 1. The molecule has 2 fully saturated rings. The van der Waals surface area contributed by atoms with Crippen molar-refractivity contribution in [1.82, 2.24) is 20.3 Å². The first-order chi connectivity index (χ1) is 14.7.